The molecule has 0 aliphatic heterocycles. The van der Waals surface area contributed by atoms with Gasteiger partial charge >= 0.3 is 26.0 Å². The maximum absolute atomic E-state index is 8.58. The zero-order valence-electron chi connectivity index (χ0n) is 19.3. The molecule has 0 fully saturated rings. The van der Waals surface area contributed by atoms with Crippen LogP contribution in [-0.2, 0) is 0 Å². The molecule has 4 aromatic rings. The third-order valence-electron chi connectivity index (χ3n) is 4.63. The Hall–Kier alpha value is -2.74. The van der Waals surface area contributed by atoms with Crippen LogP contribution in [0.1, 0.15) is 16.7 Å². The van der Waals surface area contributed by atoms with Crippen molar-refractivity contribution >= 4 is 18.3 Å². The van der Waals surface area contributed by atoms with Crippen molar-refractivity contribution in [3.8, 4) is 11.1 Å². The zero-order chi connectivity index (χ0) is 22.6. The van der Waals surface area contributed by atoms with Gasteiger partial charge in [0.15, 0.2) is 0 Å². The SMILES string of the molecule is Cc1cc(C)c(N)c(C)c1.OB(O)c1ccccc1.[Li+].[c-]1ccccc1-c1ccccc1. The Morgan fingerprint density at radius 1 is 0.719 bits per heavy atom. The molecule has 0 atom stereocenters. The molecule has 0 bridgehead atoms. The number of anilines is 1. The first-order valence-electron chi connectivity index (χ1n) is 10.1. The average Bonchev–Trinajstić information content (AvgIpc) is 2.80. The van der Waals surface area contributed by atoms with Gasteiger partial charge in [-0.3, -0.25) is 0 Å². The van der Waals surface area contributed by atoms with Gasteiger partial charge in [0, 0.05) is 5.69 Å². The summed E-state index contributed by atoms with van der Waals surface area (Å²) < 4.78 is 0. The Balaban J connectivity index is 0.000000239. The van der Waals surface area contributed by atoms with Crippen molar-refractivity contribution in [2.24, 2.45) is 0 Å². The summed E-state index contributed by atoms with van der Waals surface area (Å²) in [6.07, 6.45) is 0. The fraction of sp³-hybridized carbons (Fsp3) is 0.111. The van der Waals surface area contributed by atoms with Crippen LogP contribution in [0.2, 0.25) is 0 Å². The molecule has 0 heterocycles. The number of benzene rings is 4. The van der Waals surface area contributed by atoms with Crippen molar-refractivity contribution in [2.45, 2.75) is 20.8 Å². The molecule has 3 nitrogen and oxygen atoms in total. The Bertz CT molecular complexity index is 982. The van der Waals surface area contributed by atoms with Gasteiger partial charge in [-0.05, 0) is 37.4 Å². The second-order valence-electron chi connectivity index (χ2n) is 7.24. The van der Waals surface area contributed by atoms with E-state index >= 15 is 0 Å². The number of nitrogens with two attached hydrogens (primary N) is 1. The van der Waals surface area contributed by atoms with Gasteiger partial charge in [0.25, 0.3) is 0 Å². The predicted molar refractivity (Wildman–Crippen MR) is 132 cm³/mol. The molecule has 0 radical (unpaired) electrons. The van der Waals surface area contributed by atoms with E-state index in [0.717, 1.165) is 11.3 Å². The van der Waals surface area contributed by atoms with E-state index in [4.69, 9.17) is 15.8 Å². The summed E-state index contributed by atoms with van der Waals surface area (Å²) in [5.41, 5.74) is 13.2. The normalized spacial score (nSPS) is 9.28. The van der Waals surface area contributed by atoms with E-state index in [0.29, 0.717) is 5.46 Å². The summed E-state index contributed by atoms with van der Waals surface area (Å²) in [5.74, 6) is 0. The summed E-state index contributed by atoms with van der Waals surface area (Å²) in [7, 11) is -1.34. The Morgan fingerprint density at radius 2 is 1.22 bits per heavy atom. The molecule has 4 aromatic carbocycles. The van der Waals surface area contributed by atoms with Gasteiger partial charge in [-0.25, -0.2) is 0 Å². The maximum Gasteiger partial charge on any atom is 1.00 e. The molecule has 4 N–H and O–H groups in total. The average molecular weight is 417 g/mol. The van der Waals surface area contributed by atoms with E-state index in [2.05, 4.69) is 43.3 Å². The topological polar surface area (TPSA) is 66.5 Å². The van der Waals surface area contributed by atoms with Crippen LogP contribution < -0.4 is 30.1 Å². The van der Waals surface area contributed by atoms with Crippen molar-refractivity contribution in [1.29, 1.82) is 0 Å². The molecule has 0 amide bonds. The van der Waals surface area contributed by atoms with Crippen molar-refractivity contribution in [2.75, 3.05) is 5.73 Å². The number of rotatable bonds is 2. The third kappa shape index (κ3) is 9.18. The van der Waals surface area contributed by atoms with Gasteiger partial charge in [-0.2, -0.15) is 0 Å². The van der Waals surface area contributed by atoms with Crippen LogP contribution in [0.5, 0.6) is 0 Å². The van der Waals surface area contributed by atoms with Crippen LogP contribution in [0.4, 0.5) is 5.69 Å². The minimum atomic E-state index is -1.34. The van der Waals surface area contributed by atoms with Crippen LogP contribution in [0.3, 0.4) is 0 Å². The molecular formula is C27H29BLiNO2. The standard InChI is InChI=1S/C12H9.C9H13N.C6H7BO2.Li/c1-3-7-11(8-4-1)12-9-5-2-6-10-12;1-6-4-7(2)9(10)8(3)5-6;8-7(9)6-4-2-1-3-5-6;/h1-9H;4-5H,10H2,1-3H3;1-5,8-9H;/q-1;;;+1. The zero-order valence-corrected chi connectivity index (χ0v) is 19.3. The first-order chi connectivity index (χ1) is 14.9. The third-order valence-corrected chi connectivity index (χ3v) is 4.63. The molecule has 4 rings (SSSR count). The van der Waals surface area contributed by atoms with Crippen molar-refractivity contribution in [3.05, 3.63) is 120 Å². The van der Waals surface area contributed by atoms with E-state index in [-0.39, 0.29) is 18.9 Å². The fourth-order valence-electron chi connectivity index (χ4n) is 3.01. The summed E-state index contributed by atoms with van der Waals surface area (Å²) in [6, 6.07) is 34.3. The van der Waals surface area contributed by atoms with Crippen molar-refractivity contribution < 1.29 is 28.9 Å². The van der Waals surface area contributed by atoms with Crippen LogP contribution >= 0.6 is 0 Å². The van der Waals surface area contributed by atoms with Crippen LogP contribution in [0, 0.1) is 26.8 Å². The molecule has 0 spiro atoms. The molecule has 0 unspecified atom stereocenters. The molecule has 0 saturated carbocycles. The Kier molecular flexibility index (Phi) is 12.2. The second-order valence-corrected chi connectivity index (χ2v) is 7.24. The number of aryl methyl sites for hydroxylation is 3. The van der Waals surface area contributed by atoms with Gasteiger partial charge in [-0.1, -0.05) is 83.9 Å². The van der Waals surface area contributed by atoms with Crippen molar-refractivity contribution in [1.82, 2.24) is 0 Å². The molecule has 0 aliphatic carbocycles. The number of nitrogen functional groups attached to an aromatic ring is 1. The predicted octanol–water partition coefficient (Wildman–Crippen LogP) is 1.72. The van der Waals surface area contributed by atoms with Gasteiger partial charge in [0.05, 0.1) is 0 Å². The summed E-state index contributed by atoms with van der Waals surface area (Å²) in [4.78, 5) is 0. The first-order valence-corrected chi connectivity index (χ1v) is 10.1. The summed E-state index contributed by atoms with van der Waals surface area (Å²) >= 11 is 0. The first kappa shape index (κ1) is 27.3. The van der Waals surface area contributed by atoms with Gasteiger partial charge in [0.2, 0.25) is 0 Å². The number of hydrogen-bond acceptors (Lipinski definition) is 3. The Labute approximate surface area is 204 Å². The van der Waals surface area contributed by atoms with E-state index in [1.807, 2.05) is 56.3 Å². The van der Waals surface area contributed by atoms with Crippen LogP contribution in [0.25, 0.3) is 11.1 Å². The van der Waals surface area contributed by atoms with Gasteiger partial charge in [-0.15, -0.1) is 35.9 Å². The molecule has 0 aromatic heterocycles. The van der Waals surface area contributed by atoms with E-state index < -0.39 is 7.12 Å². The Morgan fingerprint density at radius 3 is 1.66 bits per heavy atom. The molecule has 5 heteroatoms. The fourth-order valence-corrected chi connectivity index (χ4v) is 3.01. The van der Waals surface area contributed by atoms with Crippen LogP contribution in [-0.4, -0.2) is 17.2 Å². The summed E-state index contributed by atoms with van der Waals surface area (Å²) in [5, 5.41) is 17.2. The van der Waals surface area contributed by atoms with Crippen LogP contribution in [0.15, 0.2) is 97.1 Å². The smallest absolute Gasteiger partial charge is 0.423 e. The van der Waals surface area contributed by atoms with E-state index in [1.54, 1.807) is 24.3 Å². The molecular weight excluding hydrogens is 388 g/mol. The van der Waals surface area contributed by atoms with Gasteiger partial charge < -0.3 is 15.8 Å². The van der Waals surface area contributed by atoms with E-state index in [9.17, 15) is 0 Å². The summed E-state index contributed by atoms with van der Waals surface area (Å²) in [6.45, 7) is 6.16. The second kappa shape index (κ2) is 14.3. The van der Waals surface area contributed by atoms with E-state index in [1.165, 1.54) is 22.3 Å². The minimum Gasteiger partial charge on any atom is -0.423 e. The monoisotopic (exact) mass is 417 g/mol. The quantitative estimate of drug-likeness (QED) is 0.264. The molecule has 158 valence electrons. The van der Waals surface area contributed by atoms with Gasteiger partial charge in [0.1, 0.15) is 0 Å². The van der Waals surface area contributed by atoms with Crippen molar-refractivity contribution in [3.63, 3.8) is 0 Å². The molecule has 0 saturated heterocycles. The largest absolute Gasteiger partial charge is 1.00 e. The minimum absolute atomic E-state index is 0. The maximum atomic E-state index is 8.58. The molecule has 32 heavy (non-hydrogen) atoms. The number of hydrogen-bond donors (Lipinski definition) is 3. The molecule has 0 aliphatic rings.